The van der Waals surface area contributed by atoms with Gasteiger partial charge in [0.25, 0.3) is 0 Å². The van der Waals surface area contributed by atoms with E-state index in [2.05, 4.69) is 65.2 Å². The molecule has 1 saturated heterocycles. The monoisotopic (exact) mass is 658 g/mol. The number of carbonyl (C=O) groups excluding carboxylic acids is 3. The molecule has 4 fully saturated rings. The summed E-state index contributed by atoms with van der Waals surface area (Å²) < 4.78 is 18.6. The number of rotatable bonds is 9. The Balaban J connectivity index is 1.53. The topological polar surface area (TPSA) is 140 Å². The molecule has 4 aliphatic carbocycles. The third-order valence-electron chi connectivity index (χ3n) is 14.4. The first kappa shape index (κ1) is 35.8. The van der Waals surface area contributed by atoms with Crippen LogP contribution < -0.4 is 10.6 Å². The van der Waals surface area contributed by atoms with Gasteiger partial charge < -0.3 is 30.0 Å². The molecule has 1 unspecified atom stereocenters. The molecule has 0 aromatic rings. The van der Waals surface area contributed by atoms with Crippen LogP contribution >= 0.6 is 0 Å². The molecule has 3 N–H and O–H groups in total. The number of likely N-dealkylation sites (N-methyl/N-ethyl adjacent to an activating group) is 1. The Morgan fingerprint density at radius 2 is 1.70 bits per heavy atom. The average Bonchev–Trinajstić information content (AvgIpc) is 2.98. The summed E-state index contributed by atoms with van der Waals surface area (Å²) in [6.07, 6.45) is 5.69. The molecule has 10 heteroatoms. The lowest BCUT2D eigenvalue weighted by atomic mass is 9.34. The summed E-state index contributed by atoms with van der Waals surface area (Å²) in [6.45, 7) is 17.6. The number of hydrogen-bond acceptors (Lipinski definition) is 8. The van der Waals surface area contributed by atoms with E-state index in [9.17, 15) is 24.3 Å². The fourth-order valence-electron chi connectivity index (χ4n) is 11.7. The fraction of sp³-hybridized carbons (Fsp3) is 0.838. The smallest absolute Gasteiger partial charge is 0.325 e. The van der Waals surface area contributed by atoms with Gasteiger partial charge in [0.2, 0.25) is 5.91 Å². The zero-order chi connectivity index (χ0) is 34.7. The molecule has 0 radical (unpaired) electrons. The summed E-state index contributed by atoms with van der Waals surface area (Å²) in [5, 5.41) is 16.3. The molecule has 5 aliphatic rings. The fourth-order valence-corrected chi connectivity index (χ4v) is 11.7. The van der Waals surface area contributed by atoms with Crippen molar-refractivity contribution < 1.29 is 38.5 Å². The van der Waals surface area contributed by atoms with E-state index in [1.54, 1.807) is 7.05 Å². The highest BCUT2D eigenvalue weighted by Gasteiger charge is 2.72. The van der Waals surface area contributed by atoms with E-state index >= 15 is 0 Å². The minimum atomic E-state index is -0.732. The molecule has 47 heavy (non-hydrogen) atoms. The second-order valence-electron chi connectivity index (χ2n) is 16.9. The Bertz CT molecular complexity index is 1310. The van der Waals surface area contributed by atoms with Gasteiger partial charge in [-0.1, -0.05) is 60.1 Å². The van der Waals surface area contributed by atoms with Crippen LogP contribution in [-0.4, -0.2) is 74.5 Å². The highest BCUT2D eigenvalue weighted by Crippen LogP contribution is 2.75. The summed E-state index contributed by atoms with van der Waals surface area (Å²) in [6, 6.07) is 0. The summed E-state index contributed by atoms with van der Waals surface area (Å²) in [4.78, 5) is 50.9. The zero-order valence-corrected chi connectivity index (χ0v) is 30.0. The van der Waals surface area contributed by atoms with Crippen LogP contribution in [0, 0.1) is 56.7 Å². The van der Waals surface area contributed by atoms with Crippen molar-refractivity contribution in [3.8, 4) is 0 Å². The van der Waals surface area contributed by atoms with Crippen molar-refractivity contribution in [1.29, 1.82) is 0 Å². The quantitative estimate of drug-likeness (QED) is 0.236. The Kier molecular flexibility index (Phi) is 9.50. The molecule has 0 spiro atoms. The van der Waals surface area contributed by atoms with E-state index in [1.807, 2.05) is 0 Å². The number of hydrogen-bond donors (Lipinski definition) is 3. The molecule has 0 aromatic heterocycles. The molecule has 5 rings (SSSR count). The molecule has 264 valence electrons. The van der Waals surface area contributed by atoms with E-state index in [0.717, 1.165) is 25.7 Å². The van der Waals surface area contributed by atoms with Crippen molar-refractivity contribution in [1.82, 2.24) is 10.6 Å². The van der Waals surface area contributed by atoms with Gasteiger partial charge in [0, 0.05) is 17.8 Å². The summed E-state index contributed by atoms with van der Waals surface area (Å²) >= 11 is 0. The van der Waals surface area contributed by atoms with Gasteiger partial charge in [-0.05, 0) is 85.5 Å². The Hall–Kier alpha value is -2.46. The van der Waals surface area contributed by atoms with Crippen LogP contribution in [0.2, 0.25) is 0 Å². The van der Waals surface area contributed by atoms with Crippen LogP contribution in [0.4, 0.5) is 0 Å². The molecular weight excluding hydrogens is 600 g/mol. The van der Waals surface area contributed by atoms with Gasteiger partial charge >= 0.3 is 17.9 Å². The normalized spacial score (nSPS) is 42.9. The number of nitrogens with one attached hydrogen (secondary N) is 2. The van der Waals surface area contributed by atoms with Gasteiger partial charge in [0.05, 0.1) is 25.7 Å². The van der Waals surface area contributed by atoms with E-state index in [-0.39, 0.29) is 47.6 Å². The average molecular weight is 659 g/mol. The van der Waals surface area contributed by atoms with Crippen LogP contribution in [0.1, 0.15) is 93.9 Å². The molecule has 2 bridgehead atoms. The maximum absolute atomic E-state index is 13.3. The van der Waals surface area contributed by atoms with Crippen molar-refractivity contribution in [2.45, 2.75) is 106 Å². The SMILES string of the molecule is CNCC(=O)NCC(=O)O[C@H]1[C@H](OC(C)=O)C[C@@]23COC[C@@]1(C)[C@@H]2CC[C@H]1C3=CC[C@@]2(C)[C@H](C(=O)O)[C@@](C)(C(C)C(C)C)CC[C@]12C. The zero-order valence-electron chi connectivity index (χ0n) is 30.0. The maximum atomic E-state index is 13.3. The molecule has 1 amide bonds. The first-order chi connectivity index (χ1) is 21.9. The van der Waals surface area contributed by atoms with Crippen LogP contribution in [0.3, 0.4) is 0 Å². The Morgan fingerprint density at radius 3 is 2.32 bits per heavy atom. The van der Waals surface area contributed by atoms with Crippen molar-refractivity contribution >= 4 is 23.8 Å². The largest absolute Gasteiger partial charge is 0.481 e. The number of allylic oxidation sites excluding steroid dienone is 1. The molecule has 3 saturated carbocycles. The maximum Gasteiger partial charge on any atom is 0.325 e. The molecule has 11 atom stereocenters. The molecule has 0 aromatic carbocycles. The third-order valence-corrected chi connectivity index (χ3v) is 14.4. The van der Waals surface area contributed by atoms with Crippen molar-refractivity contribution in [3.63, 3.8) is 0 Å². The minimum Gasteiger partial charge on any atom is -0.481 e. The number of carboxylic acid groups (broad SMARTS) is 1. The third kappa shape index (κ3) is 5.44. The molecule has 1 aliphatic heterocycles. The summed E-state index contributed by atoms with van der Waals surface area (Å²) in [5.41, 5.74) is -0.728. The lowest BCUT2D eigenvalue weighted by Gasteiger charge is -2.71. The van der Waals surface area contributed by atoms with Gasteiger partial charge in [-0.3, -0.25) is 19.2 Å². The first-order valence-electron chi connectivity index (χ1n) is 17.7. The Labute approximate surface area is 280 Å². The van der Waals surface area contributed by atoms with Gasteiger partial charge in [-0.25, -0.2) is 0 Å². The summed E-state index contributed by atoms with van der Waals surface area (Å²) in [7, 11) is 1.65. The van der Waals surface area contributed by atoms with E-state index in [1.165, 1.54) is 12.5 Å². The Morgan fingerprint density at radius 1 is 1.00 bits per heavy atom. The highest BCUT2D eigenvalue weighted by molar-refractivity contribution is 5.83. The number of esters is 2. The van der Waals surface area contributed by atoms with Crippen LogP contribution in [0.5, 0.6) is 0 Å². The van der Waals surface area contributed by atoms with Gasteiger partial charge in [-0.2, -0.15) is 0 Å². The number of aliphatic carboxylic acids is 1. The van der Waals surface area contributed by atoms with Crippen molar-refractivity contribution in [2.24, 2.45) is 56.7 Å². The lowest BCUT2D eigenvalue weighted by molar-refractivity contribution is -0.262. The second kappa shape index (κ2) is 12.5. The molecule has 10 nitrogen and oxygen atoms in total. The lowest BCUT2D eigenvalue weighted by Crippen LogP contribution is -2.70. The number of ether oxygens (including phenoxy) is 3. The molecule has 1 heterocycles. The van der Waals surface area contributed by atoms with E-state index < -0.39 is 52.3 Å². The number of carbonyl (C=O) groups is 4. The predicted octanol–water partition coefficient (Wildman–Crippen LogP) is 4.75. The first-order valence-corrected chi connectivity index (χ1v) is 17.7. The van der Waals surface area contributed by atoms with Gasteiger partial charge in [0.15, 0.2) is 0 Å². The van der Waals surface area contributed by atoms with Crippen LogP contribution in [-0.2, 0) is 33.4 Å². The molecular formula is C37H58N2O8. The highest BCUT2D eigenvalue weighted by atomic mass is 16.6. The number of carboxylic acids is 1. The number of fused-ring (bicyclic) bond motifs is 3. The standard InChI is InChI=1S/C37H58N2O8/c1-21(2)22(3)33(5)14-15-35(7)24-10-11-27-34(6)19-45-20-37(27,25(24)12-13-36(35,8)30(33)32(43)44)16-26(46-23(4)40)31(34)47-29(42)18-39-28(41)17-38-9/h12,21-22,24,26-27,30-31,38H,10-11,13-20H2,1-9H3,(H,39,41)(H,43,44)/t22?,24-,26+,27-,30+,31-,33+,34-,35+,36-,37-/m0/s1. The van der Waals surface area contributed by atoms with Gasteiger partial charge in [0.1, 0.15) is 18.8 Å². The van der Waals surface area contributed by atoms with Crippen LogP contribution in [0.25, 0.3) is 0 Å². The van der Waals surface area contributed by atoms with Gasteiger partial charge in [-0.15, -0.1) is 0 Å². The predicted molar refractivity (Wildman–Crippen MR) is 176 cm³/mol. The summed E-state index contributed by atoms with van der Waals surface area (Å²) in [5.74, 6) is -1.57. The van der Waals surface area contributed by atoms with Crippen molar-refractivity contribution in [3.05, 3.63) is 11.6 Å². The van der Waals surface area contributed by atoms with E-state index in [0.29, 0.717) is 32.0 Å². The minimum absolute atomic E-state index is 0.0837. The van der Waals surface area contributed by atoms with Crippen molar-refractivity contribution in [2.75, 3.05) is 33.4 Å². The van der Waals surface area contributed by atoms with Crippen LogP contribution in [0.15, 0.2) is 11.6 Å². The second-order valence-corrected chi connectivity index (χ2v) is 16.9. The van der Waals surface area contributed by atoms with E-state index in [4.69, 9.17) is 14.2 Å². The number of amides is 1.